The maximum atomic E-state index is 12.7. The van der Waals surface area contributed by atoms with Crippen LogP contribution in [0.25, 0.3) is 0 Å². The minimum Gasteiger partial charge on any atom is -0.478 e. The molecule has 1 aromatic carbocycles. The normalized spacial score (nSPS) is 26.3. The highest BCUT2D eigenvalue weighted by molar-refractivity contribution is 5.88. The maximum Gasteiger partial charge on any atom is 0.335 e. The van der Waals surface area contributed by atoms with Crippen molar-refractivity contribution >= 4 is 12.0 Å². The topological polar surface area (TPSA) is 60.9 Å². The molecule has 1 N–H and O–H groups in total. The van der Waals surface area contributed by atoms with Gasteiger partial charge in [-0.2, -0.15) is 0 Å². The summed E-state index contributed by atoms with van der Waals surface area (Å²) in [4.78, 5) is 27.6. The summed E-state index contributed by atoms with van der Waals surface area (Å²) in [5, 5.41) is 9.05. The molecule has 5 nitrogen and oxygen atoms in total. The molecule has 1 aromatic rings. The van der Waals surface area contributed by atoms with E-state index in [1.54, 1.807) is 12.1 Å². The smallest absolute Gasteiger partial charge is 0.335 e. The maximum absolute atomic E-state index is 12.7. The Morgan fingerprint density at radius 2 is 1.95 bits per heavy atom. The molecule has 0 radical (unpaired) electrons. The van der Waals surface area contributed by atoms with Crippen molar-refractivity contribution < 1.29 is 14.7 Å². The highest BCUT2D eigenvalue weighted by atomic mass is 16.4. The highest BCUT2D eigenvalue weighted by Gasteiger charge is 2.42. The number of aromatic carboxylic acids is 1. The van der Waals surface area contributed by atoms with Gasteiger partial charge in [0.15, 0.2) is 0 Å². The number of carboxylic acid groups (broad SMARTS) is 1. The van der Waals surface area contributed by atoms with Crippen LogP contribution in [0.5, 0.6) is 0 Å². The van der Waals surface area contributed by atoms with E-state index in [0.29, 0.717) is 30.6 Å². The molecule has 2 amide bonds. The van der Waals surface area contributed by atoms with E-state index in [-0.39, 0.29) is 6.03 Å². The van der Waals surface area contributed by atoms with Crippen LogP contribution in [0.15, 0.2) is 18.2 Å². The molecule has 1 saturated carbocycles. The van der Waals surface area contributed by atoms with E-state index < -0.39 is 5.97 Å². The molecule has 2 heterocycles. The second-order valence-corrected chi connectivity index (χ2v) is 6.41. The number of carbonyl (C=O) groups excluding carboxylic acids is 1. The van der Waals surface area contributed by atoms with Crippen molar-refractivity contribution in [2.75, 3.05) is 6.54 Å². The van der Waals surface area contributed by atoms with Gasteiger partial charge in [-0.3, -0.25) is 0 Å². The van der Waals surface area contributed by atoms with Gasteiger partial charge in [-0.05, 0) is 48.4 Å². The number of fused-ring (bicyclic) bond motifs is 3. The van der Waals surface area contributed by atoms with Gasteiger partial charge in [-0.15, -0.1) is 0 Å². The molecular formula is C16H18N2O3. The van der Waals surface area contributed by atoms with Crippen molar-refractivity contribution in [2.45, 2.75) is 38.4 Å². The third-order valence-corrected chi connectivity index (χ3v) is 5.10. The predicted molar refractivity (Wildman–Crippen MR) is 75.9 cm³/mol. The van der Waals surface area contributed by atoms with Gasteiger partial charge in [0.25, 0.3) is 0 Å². The second kappa shape index (κ2) is 4.48. The summed E-state index contributed by atoms with van der Waals surface area (Å²) in [5.74, 6) is -0.220. The van der Waals surface area contributed by atoms with Gasteiger partial charge in [0, 0.05) is 25.7 Å². The molecule has 2 unspecified atom stereocenters. The Morgan fingerprint density at radius 3 is 2.62 bits per heavy atom. The average molecular weight is 286 g/mol. The average Bonchev–Trinajstić information content (AvgIpc) is 3.19. The fourth-order valence-electron chi connectivity index (χ4n) is 4.00. The zero-order valence-corrected chi connectivity index (χ0v) is 11.8. The summed E-state index contributed by atoms with van der Waals surface area (Å²) in [6.45, 7) is 2.03. The first-order chi connectivity index (χ1) is 10.1. The number of hydrogen-bond donors (Lipinski definition) is 1. The van der Waals surface area contributed by atoms with E-state index in [0.717, 1.165) is 30.5 Å². The standard InChI is InChI=1S/C16H18N2O3/c19-15(20)11-2-3-12-8-17(9-13(12)6-11)16(21)18-7-10-1-4-14(18)5-10/h2-3,6,10,14H,1,4-5,7-9H2,(H,19,20). The van der Waals surface area contributed by atoms with E-state index in [1.807, 2.05) is 15.9 Å². The van der Waals surface area contributed by atoms with Gasteiger partial charge in [0.1, 0.15) is 0 Å². The van der Waals surface area contributed by atoms with E-state index in [2.05, 4.69) is 0 Å². The van der Waals surface area contributed by atoms with Crippen LogP contribution in [0.4, 0.5) is 4.79 Å². The lowest BCUT2D eigenvalue weighted by Gasteiger charge is -2.31. The van der Waals surface area contributed by atoms with Crippen LogP contribution in [0, 0.1) is 5.92 Å². The van der Waals surface area contributed by atoms with E-state index in [1.165, 1.54) is 6.42 Å². The number of hydrogen-bond acceptors (Lipinski definition) is 2. The first-order valence-corrected chi connectivity index (χ1v) is 7.52. The summed E-state index contributed by atoms with van der Waals surface area (Å²) < 4.78 is 0. The largest absolute Gasteiger partial charge is 0.478 e. The highest BCUT2D eigenvalue weighted by Crippen LogP contribution is 2.38. The van der Waals surface area contributed by atoms with Crippen molar-refractivity contribution in [2.24, 2.45) is 5.92 Å². The Labute approximate surface area is 123 Å². The number of rotatable bonds is 1. The molecule has 1 saturated heterocycles. The molecule has 5 heteroatoms. The van der Waals surface area contributed by atoms with Crippen LogP contribution in [0.2, 0.25) is 0 Å². The Kier molecular flexibility index (Phi) is 2.71. The second-order valence-electron chi connectivity index (χ2n) is 6.41. The third kappa shape index (κ3) is 1.99. The molecule has 110 valence electrons. The van der Waals surface area contributed by atoms with Gasteiger partial charge in [0.2, 0.25) is 0 Å². The Balaban J connectivity index is 1.51. The number of benzene rings is 1. The minimum absolute atomic E-state index is 0.121. The number of piperidine rings is 1. The molecule has 2 aliphatic heterocycles. The van der Waals surface area contributed by atoms with Crippen LogP contribution in [-0.4, -0.2) is 39.5 Å². The van der Waals surface area contributed by atoms with Gasteiger partial charge >= 0.3 is 12.0 Å². The monoisotopic (exact) mass is 286 g/mol. The third-order valence-electron chi connectivity index (χ3n) is 5.10. The van der Waals surface area contributed by atoms with Crippen LogP contribution in [0.1, 0.15) is 40.7 Å². The number of nitrogens with zero attached hydrogens (tertiary/aromatic N) is 2. The van der Waals surface area contributed by atoms with Gasteiger partial charge < -0.3 is 14.9 Å². The van der Waals surface area contributed by atoms with Crippen molar-refractivity contribution in [3.05, 3.63) is 34.9 Å². The number of amides is 2. The van der Waals surface area contributed by atoms with Gasteiger partial charge in [0.05, 0.1) is 5.56 Å². The van der Waals surface area contributed by atoms with Gasteiger partial charge in [-0.1, -0.05) is 6.07 Å². The molecule has 4 rings (SSSR count). The van der Waals surface area contributed by atoms with Crippen molar-refractivity contribution in [3.8, 4) is 0 Å². The molecule has 1 aliphatic carbocycles. The Hall–Kier alpha value is -2.04. The zero-order chi connectivity index (χ0) is 14.6. The first kappa shape index (κ1) is 12.7. The summed E-state index contributed by atoms with van der Waals surface area (Å²) in [5.41, 5.74) is 2.33. The molecule has 21 heavy (non-hydrogen) atoms. The molecular weight excluding hydrogens is 268 g/mol. The van der Waals surface area contributed by atoms with Crippen LogP contribution in [-0.2, 0) is 13.1 Å². The lowest BCUT2D eigenvalue weighted by molar-refractivity contribution is 0.0696. The molecule has 0 spiro atoms. The molecule has 2 atom stereocenters. The number of likely N-dealkylation sites (tertiary alicyclic amines) is 1. The molecule has 0 aromatic heterocycles. The van der Waals surface area contributed by atoms with Crippen LogP contribution in [0.3, 0.4) is 0 Å². The van der Waals surface area contributed by atoms with Crippen LogP contribution >= 0.6 is 0 Å². The molecule has 2 bridgehead atoms. The Bertz CT molecular complexity index is 628. The predicted octanol–water partition coefficient (Wildman–Crippen LogP) is 2.30. The van der Waals surface area contributed by atoms with E-state index in [4.69, 9.17) is 5.11 Å². The Morgan fingerprint density at radius 1 is 1.14 bits per heavy atom. The molecule has 3 aliphatic rings. The lowest BCUT2D eigenvalue weighted by atomic mass is 10.1. The van der Waals surface area contributed by atoms with Crippen LogP contribution < -0.4 is 0 Å². The quantitative estimate of drug-likeness (QED) is 0.861. The van der Waals surface area contributed by atoms with E-state index >= 15 is 0 Å². The van der Waals surface area contributed by atoms with E-state index in [9.17, 15) is 9.59 Å². The fourth-order valence-corrected chi connectivity index (χ4v) is 4.00. The summed E-state index contributed by atoms with van der Waals surface area (Å²) >= 11 is 0. The summed E-state index contributed by atoms with van der Waals surface area (Å²) in [6, 6.07) is 5.70. The summed E-state index contributed by atoms with van der Waals surface area (Å²) in [6.07, 6.45) is 3.56. The van der Waals surface area contributed by atoms with Crippen molar-refractivity contribution in [1.29, 1.82) is 0 Å². The zero-order valence-electron chi connectivity index (χ0n) is 11.8. The lowest BCUT2D eigenvalue weighted by Crippen LogP contribution is -2.44. The number of urea groups is 1. The SMILES string of the molecule is O=C(O)c1ccc2c(c1)CN(C(=O)N1CC3CCC1C3)C2. The van der Waals surface area contributed by atoms with Crippen molar-refractivity contribution in [1.82, 2.24) is 9.80 Å². The summed E-state index contributed by atoms with van der Waals surface area (Å²) in [7, 11) is 0. The van der Waals surface area contributed by atoms with Crippen molar-refractivity contribution in [3.63, 3.8) is 0 Å². The molecule has 2 fully saturated rings. The minimum atomic E-state index is -0.917. The number of carbonyl (C=O) groups is 2. The van der Waals surface area contributed by atoms with Gasteiger partial charge in [-0.25, -0.2) is 9.59 Å². The fraction of sp³-hybridized carbons (Fsp3) is 0.500. The number of carboxylic acids is 1. The first-order valence-electron chi connectivity index (χ1n) is 7.52.